The van der Waals surface area contributed by atoms with Gasteiger partial charge in [-0.15, -0.1) is 0 Å². The van der Waals surface area contributed by atoms with E-state index in [9.17, 15) is 4.79 Å². The van der Waals surface area contributed by atoms with Gasteiger partial charge in [0.15, 0.2) is 11.3 Å². The molecule has 2 heterocycles. The largest absolute Gasteiger partial charge is 0.490 e. The van der Waals surface area contributed by atoms with Crippen LogP contribution in [-0.2, 0) is 11.2 Å². The maximum Gasteiger partial charge on any atom is 0.220 e. The highest BCUT2D eigenvalue weighted by Crippen LogP contribution is 2.31. The second kappa shape index (κ2) is 7.64. The van der Waals surface area contributed by atoms with Crippen LogP contribution in [0.1, 0.15) is 49.1 Å². The molecule has 26 heavy (non-hydrogen) atoms. The first kappa shape index (κ1) is 18.0. The third-order valence-corrected chi connectivity index (χ3v) is 4.41. The first-order valence-electron chi connectivity index (χ1n) is 8.86. The molecule has 1 unspecified atom stereocenters. The van der Waals surface area contributed by atoms with E-state index in [-0.39, 0.29) is 11.9 Å². The van der Waals surface area contributed by atoms with Crippen LogP contribution in [0.2, 0.25) is 0 Å². The molecule has 2 aromatic heterocycles. The lowest BCUT2D eigenvalue weighted by molar-refractivity contribution is -0.121. The number of carbonyl (C=O) groups excluding carboxylic acids is 1. The van der Waals surface area contributed by atoms with Crippen LogP contribution in [0.15, 0.2) is 33.2 Å². The summed E-state index contributed by atoms with van der Waals surface area (Å²) in [7, 11) is 0. The number of rotatable bonds is 7. The Bertz CT molecular complexity index is 890. The predicted octanol–water partition coefficient (Wildman–Crippen LogP) is 4.25. The fourth-order valence-corrected chi connectivity index (χ4v) is 3.02. The number of para-hydroxylation sites is 1. The van der Waals surface area contributed by atoms with Gasteiger partial charge in [0.1, 0.15) is 11.5 Å². The van der Waals surface area contributed by atoms with E-state index in [4.69, 9.17) is 13.7 Å². The van der Waals surface area contributed by atoms with E-state index in [2.05, 4.69) is 10.5 Å². The summed E-state index contributed by atoms with van der Waals surface area (Å²) < 4.78 is 16.7. The van der Waals surface area contributed by atoms with Crippen LogP contribution in [0.4, 0.5) is 0 Å². The minimum Gasteiger partial charge on any atom is -0.490 e. The number of nitrogens with one attached hydrogen (secondary N) is 1. The van der Waals surface area contributed by atoms with Crippen LogP contribution in [0.25, 0.3) is 11.0 Å². The predicted molar refractivity (Wildman–Crippen MR) is 98.2 cm³/mol. The van der Waals surface area contributed by atoms with Gasteiger partial charge in [-0.05, 0) is 46.2 Å². The van der Waals surface area contributed by atoms with Crippen molar-refractivity contribution >= 4 is 16.9 Å². The van der Waals surface area contributed by atoms with Crippen LogP contribution in [0.3, 0.4) is 0 Å². The van der Waals surface area contributed by atoms with Crippen molar-refractivity contribution in [2.45, 2.75) is 46.6 Å². The molecule has 3 aromatic rings. The van der Waals surface area contributed by atoms with Crippen molar-refractivity contribution in [3.8, 4) is 5.75 Å². The van der Waals surface area contributed by atoms with E-state index in [1.807, 2.05) is 52.0 Å². The average molecular weight is 356 g/mol. The van der Waals surface area contributed by atoms with Gasteiger partial charge in [-0.2, -0.15) is 0 Å². The number of fused-ring (bicyclic) bond motifs is 1. The molecule has 138 valence electrons. The minimum atomic E-state index is -0.228. The second-order valence-corrected chi connectivity index (χ2v) is 6.35. The molecule has 1 aromatic carbocycles. The number of aryl methyl sites for hydroxylation is 2. The summed E-state index contributed by atoms with van der Waals surface area (Å²) in [6.45, 7) is 8.16. The summed E-state index contributed by atoms with van der Waals surface area (Å²) in [6.07, 6.45) is 0.978. The number of carbonyl (C=O) groups is 1. The molecule has 0 aliphatic carbocycles. The highest BCUT2D eigenvalue weighted by atomic mass is 16.5. The van der Waals surface area contributed by atoms with Crippen molar-refractivity contribution in [2.75, 3.05) is 6.61 Å². The summed E-state index contributed by atoms with van der Waals surface area (Å²) in [5.74, 6) is 2.15. The Hall–Kier alpha value is -2.76. The van der Waals surface area contributed by atoms with Crippen molar-refractivity contribution in [3.05, 3.63) is 47.0 Å². The summed E-state index contributed by atoms with van der Waals surface area (Å²) in [5, 5.41) is 7.86. The van der Waals surface area contributed by atoms with Crippen LogP contribution in [0.5, 0.6) is 5.75 Å². The second-order valence-electron chi connectivity index (χ2n) is 6.35. The average Bonchev–Trinajstić information content (AvgIpc) is 3.18. The third-order valence-electron chi connectivity index (χ3n) is 4.41. The lowest BCUT2D eigenvalue weighted by atomic mass is 10.1. The molecular weight excluding hydrogens is 332 g/mol. The molecule has 0 spiro atoms. The van der Waals surface area contributed by atoms with Gasteiger partial charge in [-0.25, -0.2) is 0 Å². The number of nitrogens with zero attached hydrogens (tertiary/aromatic N) is 1. The third kappa shape index (κ3) is 3.74. The van der Waals surface area contributed by atoms with E-state index in [1.54, 1.807) is 0 Å². The Morgan fingerprint density at radius 1 is 1.35 bits per heavy atom. The highest BCUT2D eigenvalue weighted by Gasteiger charge is 2.17. The van der Waals surface area contributed by atoms with Gasteiger partial charge in [0.2, 0.25) is 5.91 Å². The fraction of sp³-hybridized carbons (Fsp3) is 0.400. The molecular formula is C20H24N2O4. The Morgan fingerprint density at radius 2 is 2.15 bits per heavy atom. The molecule has 0 saturated heterocycles. The lowest BCUT2D eigenvalue weighted by Gasteiger charge is -2.11. The quantitative estimate of drug-likeness (QED) is 0.685. The molecule has 0 bridgehead atoms. The van der Waals surface area contributed by atoms with Gasteiger partial charge < -0.3 is 19.0 Å². The first-order valence-corrected chi connectivity index (χ1v) is 8.86. The lowest BCUT2D eigenvalue weighted by Crippen LogP contribution is -2.26. The van der Waals surface area contributed by atoms with Crippen LogP contribution in [0, 0.1) is 13.8 Å². The maximum atomic E-state index is 12.3. The molecule has 0 fully saturated rings. The van der Waals surface area contributed by atoms with Gasteiger partial charge in [0.25, 0.3) is 0 Å². The molecule has 0 saturated carbocycles. The molecule has 0 aliphatic heterocycles. The highest BCUT2D eigenvalue weighted by molar-refractivity contribution is 5.84. The minimum absolute atomic E-state index is 0.0389. The van der Waals surface area contributed by atoms with Crippen LogP contribution < -0.4 is 10.1 Å². The number of hydrogen-bond acceptors (Lipinski definition) is 5. The first-order chi connectivity index (χ1) is 12.5. The maximum absolute atomic E-state index is 12.3. The normalized spacial score (nSPS) is 12.3. The molecule has 1 N–H and O–H groups in total. The van der Waals surface area contributed by atoms with Crippen molar-refractivity contribution in [2.24, 2.45) is 0 Å². The standard InChI is InChI=1S/C20H24N2O4/c1-5-24-17-8-6-7-15-11-18(25-20(15)17)13(3)21-19(23)10-9-16-12(2)22-26-14(16)4/h6-8,11,13H,5,9-10H2,1-4H3,(H,21,23). The Morgan fingerprint density at radius 3 is 2.85 bits per heavy atom. The number of amides is 1. The molecule has 0 radical (unpaired) electrons. The number of ether oxygens (including phenoxy) is 1. The monoisotopic (exact) mass is 356 g/mol. The van der Waals surface area contributed by atoms with Crippen molar-refractivity contribution < 1.29 is 18.5 Å². The summed E-state index contributed by atoms with van der Waals surface area (Å²) in [4.78, 5) is 12.3. The Labute approximate surface area is 152 Å². The molecule has 0 aliphatic rings. The Kier molecular flexibility index (Phi) is 5.30. The zero-order chi connectivity index (χ0) is 18.7. The van der Waals surface area contributed by atoms with Crippen molar-refractivity contribution in [3.63, 3.8) is 0 Å². The van der Waals surface area contributed by atoms with Crippen molar-refractivity contribution in [1.29, 1.82) is 0 Å². The molecule has 1 atom stereocenters. The zero-order valence-electron chi connectivity index (χ0n) is 15.6. The van der Waals surface area contributed by atoms with E-state index in [0.29, 0.717) is 36.5 Å². The van der Waals surface area contributed by atoms with E-state index >= 15 is 0 Å². The zero-order valence-corrected chi connectivity index (χ0v) is 15.6. The SMILES string of the molecule is CCOc1cccc2cc(C(C)NC(=O)CCc3c(C)noc3C)oc12. The van der Waals surface area contributed by atoms with Crippen molar-refractivity contribution in [1.82, 2.24) is 10.5 Å². The van der Waals surface area contributed by atoms with Gasteiger partial charge >= 0.3 is 0 Å². The van der Waals surface area contributed by atoms with Crippen LogP contribution >= 0.6 is 0 Å². The summed E-state index contributed by atoms with van der Waals surface area (Å²) >= 11 is 0. The van der Waals surface area contributed by atoms with Crippen LogP contribution in [-0.4, -0.2) is 17.7 Å². The van der Waals surface area contributed by atoms with Gasteiger partial charge in [-0.3, -0.25) is 4.79 Å². The van der Waals surface area contributed by atoms with E-state index in [0.717, 1.165) is 22.4 Å². The Balaban J connectivity index is 1.65. The van der Waals surface area contributed by atoms with E-state index < -0.39 is 0 Å². The number of benzene rings is 1. The molecule has 6 heteroatoms. The summed E-state index contributed by atoms with van der Waals surface area (Å²) in [5.41, 5.74) is 2.54. The topological polar surface area (TPSA) is 77.5 Å². The van der Waals surface area contributed by atoms with Gasteiger partial charge in [0.05, 0.1) is 18.3 Å². The van der Waals surface area contributed by atoms with Gasteiger partial charge in [0, 0.05) is 17.4 Å². The number of furan rings is 1. The molecule has 3 rings (SSSR count). The van der Waals surface area contributed by atoms with Gasteiger partial charge in [-0.1, -0.05) is 17.3 Å². The summed E-state index contributed by atoms with van der Waals surface area (Å²) in [6, 6.07) is 7.49. The fourth-order valence-electron chi connectivity index (χ4n) is 3.02. The smallest absolute Gasteiger partial charge is 0.220 e. The number of aromatic nitrogens is 1. The molecule has 6 nitrogen and oxygen atoms in total. The number of hydrogen-bond donors (Lipinski definition) is 1. The van der Waals surface area contributed by atoms with E-state index in [1.165, 1.54) is 0 Å². The molecule has 1 amide bonds.